The Morgan fingerprint density at radius 3 is 2.16 bits per heavy atom. The third-order valence-corrected chi connectivity index (χ3v) is 4.10. The van der Waals surface area contributed by atoms with Crippen molar-refractivity contribution in [3.63, 3.8) is 0 Å². The van der Waals surface area contributed by atoms with Crippen LogP contribution in [-0.2, 0) is 24.5 Å². The number of likely N-dealkylation sites (tertiary alicyclic amines) is 1. The number of hydrogen-bond donors (Lipinski definition) is 2. The largest absolute Gasteiger partial charge is 0.566 e. The Hall–Kier alpha value is -2.58. The van der Waals surface area contributed by atoms with Crippen LogP contribution in [0, 0.1) is 0 Å². The molecule has 2 unspecified atom stereocenters. The number of imide groups is 3. The Kier molecular flexibility index (Phi) is 4.31. The van der Waals surface area contributed by atoms with Crippen LogP contribution in [-0.4, -0.2) is 39.1 Å². The Labute approximate surface area is 144 Å². The summed E-state index contributed by atoms with van der Waals surface area (Å²) >= 11 is 0. The van der Waals surface area contributed by atoms with Gasteiger partial charge in [-0.25, -0.2) is 9.59 Å². The van der Waals surface area contributed by atoms with E-state index in [2.05, 4.69) is 0 Å². The van der Waals surface area contributed by atoms with Gasteiger partial charge in [-0.3, -0.25) is 4.79 Å². The number of benzene rings is 1. The van der Waals surface area contributed by atoms with E-state index in [0.29, 0.717) is 5.69 Å². The third kappa shape index (κ3) is 2.83. The molecule has 8 heteroatoms. The van der Waals surface area contributed by atoms with Crippen LogP contribution in [0.2, 0.25) is 0 Å². The van der Waals surface area contributed by atoms with Crippen LogP contribution in [0.4, 0.5) is 10.5 Å². The molecule has 1 aliphatic rings. The first-order chi connectivity index (χ1) is 11.4. The first kappa shape index (κ1) is 18.8. The van der Waals surface area contributed by atoms with E-state index in [9.17, 15) is 24.4 Å². The number of ether oxygens (including phenoxy) is 1. The van der Waals surface area contributed by atoms with Crippen LogP contribution in [0.25, 0.3) is 0 Å². The standard InChI is InChI=1S/C17H21N2O6/c1-10(20)17(11-5-7-12(18)8-6-11)9-13(21)19(24,14(17)22)15(23)25-16(2,3)4/h5-8,24H,9,18H2,1-4H3/q+1. The van der Waals surface area contributed by atoms with E-state index in [4.69, 9.17) is 10.5 Å². The van der Waals surface area contributed by atoms with E-state index in [-0.39, 0.29) is 5.56 Å². The highest BCUT2D eigenvalue weighted by molar-refractivity contribution is 6.19. The highest BCUT2D eigenvalue weighted by Gasteiger charge is 2.73. The number of hydroxylamine groups is 3. The number of anilines is 1. The fourth-order valence-corrected chi connectivity index (χ4v) is 2.79. The van der Waals surface area contributed by atoms with Crippen molar-refractivity contribution < 1.29 is 33.8 Å². The van der Waals surface area contributed by atoms with E-state index < -0.39 is 45.8 Å². The maximum Gasteiger partial charge on any atom is 0.566 e. The molecule has 1 aliphatic heterocycles. The lowest BCUT2D eigenvalue weighted by Gasteiger charge is -2.25. The molecule has 2 atom stereocenters. The van der Waals surface area contributed by atoms with Gasteiger partial charge in [0.05, 0.1) is 6.42 Å². The number of carbonyl (C=O) groups is 4. The van der Waals surface area contributed by atoms with Gasteiger partial charge in [-0.05, 0) is 45.4 Å². The Balaban J connectivity index is 2.58. The fourth-order valence-electron chi connectivity index (χ4n) is 2.79. The average molecular weight is 349 g/mol. The van der Waals surface area contributed by atoms with Crippen molar-refractivity contribution in [1.29, 1.82) is 0 Å². The molecule has 25 heavy (non-hydrogen) atoms. The highest BCUT2D eigenvalue weighted by Crippen LogP contribution is 2.42. The lowest BCUT2D eigenvalue weighted by atomic mass is 9.75. The normalized spacial score (nSPS) is 26.6. The van der Waals surface area contributed by atoms with E-state index >= 15 is 0 Å². The summed E-state index contributed by atoms with van der Waals surface area (Å²) < 4.78 is 2.81. The molecule has 1 aromatic carbocycles. The minimum absolute atomic E-state index is 0.185. The van der Waals surface area contributed by atoms with Crippen molar-refractivity contribution in [1.82, 2.24) is 0 Å². The number of carbonyl (C=O) groups excluding carboxylic acids is 4. The van der Waals surface area contributed by atoms with Crippen molar-refractivity contribution >= 4 is 29.4 Å². The van der Waals surface area contributed by atoms with Crippen molar-refractivity contribution in [3.05, 3.63) is 29.8 Å². The van der Waals surface area contributed by atoms with Gasteiger partial charge in [0.1, 0.15) is 5.60 Å². The number of hydrogen-bond acceptors (Lipinski definition) is 7. The van der Waals surface area contributed by atoms with Crippen molar-refractivity contribution in [2.24, 2.45) is 0 Å². The van der Waals surface area contributed by atoms with Crippen molar-refractivity contribution in [3.8, 4) is 0 Å². The molecule has 1 fully saturated rings. The second-order valence-electron chi connectivity index (χ2n) is 7.07. The van der Waals surface area contributed by atoms with Crippen LogP contribution >= 0.6 is 0 Å². The zero-order valence-corrected chi connectivity index (χ0v) is 14.5. The Morgan fingerprint density at radius 2 is 1.72 bits per heavy atom. The topological polar surface area (TPSA) is 124 Å². The molecule has 1 aromatic rings. The molecule has 0 bridgehead atoms. The number of nitrogens with two attached hydrogens (primary N) is 1. The van der Waals surface area contributed by atoms with Gasteiger partial charge in [0.2, 0.25) is 0 Å². The number of quaternary nitrogens is 1. The van der Waals surface area contributed by atoms with Crippen LogP contribution in [0.5, 0.6) is 0 Å². The number of ketones is 1. The van der Waals surface area contributed by atoms with Crippen LogP contribution in [0.1, 0.15) is 39.7 Å². The maximum absolute atomic E-state index is 13.0. The van der Waals surface area contributed by atoms with Crippen molar-refractivity contribution in [2.45, 2.75) is 45.1 Å². The molecular weight excluding hydrogens is 328 g/mol. The Morgan fingerprint density at radius 1 is 1.20 bits per heavy atom. The Bertz CT molecular complexity index is 764. The minimum atomic E-state index is -2.19. The molecule has 2 rings (SSSR count). The summed E-state index contributed by atoms with van der Waals surface area (Å²) in [5.74, 6) is -3.02. The van der Waals surface area contributed by atoms with Crippen LogP contribution < -0.4 is 5.73 Å². The van der Waals surface area contributed by atoms with Gasteiger partial charge in [-0.15, -0.1) is 0 Å². The summed E-state index contributed by atoms with van der Waals surface area (Å²) in [5.41, 5.74) is 3.20. The second kappa shape index (κ2) is 5.75. The van der Waals surface area contributed by atoms with E-state index in [0.717, 1.165) is 6.92 Å². The zero-order valence-electron chi connectivity index (χ0n) is 14.5. The SMILES string of the molecule is CC(=O)C1(c2ccc(N)cc2)CC(=O)[N+](O)(C(=O)OC(C)(C)C)C1=O. The number of Topliss-reactive ketones (excluding diaryl/α,β-unsaturated/α-hetero) is 1. The van der Waals surface area contributed by atoms with Crippen LogP contribution in [0.3, 0.4) is 0 Å². The predicted molar refractivity (Wildman–Crippen MR) is 86.1 cm³/mol. The molecule has 0 aliphatic carbocycles. The summed E-state index contributed by atoms with van der Waals surface area (Å²) in [7, 11) is 0. The number of rotatable bonds is 2. The van der Waals surface area contributed by atoms with E-state index in [1.165, 1.54) is 45.0 Å². The van der Waals surface area contributed by atoms with E-state index in [1.54, 1.807) is 0 Å². The van der Waals surface area contributed by atoms with Gasteiger partial charge in [-0.2, -0.15) is 10.0 Å². The lowest BCUT2D eigenvalue weighted by molar-refractivity contribution is -0.909. The second-order valence-corrected chi connectivity index (χ2v) is 7.07. The predicted octanol–water partition coefficient (Wildman–Crippen LogP) is 1.69. The number of nitrogen functional groups attached to an aromatic ring is 1. The lowest BCUT2D eigenvalue weighted by Crippen LogP contribution is -2.59. The van der Waals surface area contributed by atoms with Crippen molar-refractivity contribution in [2.75, 3.05) is 5.73 Å². The number of amides is 3. The third-order valence-electron chi connectivity index (χ3n) is 4.10. The summed E-state index contributed by atoms with van der Waals surface area (Å²) in [6, 6.07) is 5.78. The zero-order chi connectivity index (χ0) is 19.2. The van der Waals surface area contributed by atoms with Gasteiger partial charge in [0.15, 0.2) is 11.2 Å². The molecule has 1 heterocycles. The first-order valence-corrected chi connectivity index (χ1v) is 7.66. The molecule has 0 radical (unpaired) electrons. The average Bonchev–Trinajstić information content (AvgIpc) is 2.69. The molecule has 134 valence electrons. The van der Waals surface area contributed by atoms with Gasteiger partial charge in [-0.1, -0.05) is 12.1 Å². The molecule has 3 amide bonds. The molecule has 1 saturated heterocycles. The van der Waals surface area contributed by atoms with E-state index in [1.807, 2.05) is 0 Å². The van der Waals surface area contributed by atoms with Crippen LogP contribution in [0.15, 0.2) is 24.3 Å². The highest BCUT2D eigenvalue weighted by atomic mass is 16.7. The quantitative estimate of drug-likeness (QED) is 0.274. The minimum Gasteiger partial charge on any atom is -0.411 e. The first-order valence-electron chi connectivity index (χ1n) is 7.66. The maximum atomic E-state index is 13.0. The molecule has 0 spiro atoms. The summed E-state index contributed by atoms with van der Waals surface area (Å²) in [5, 5.41) is 10.5. The van der Waals surface area contributed by atoms with Gasteiger partial charge >= 0.3 is 17.9 Å². The summed E-state index contributed by atoms with van der Waals surface area (Å²) in [4.78, 5) is 50.0. The van der Waals surface area contributed by atoms with Gasteiger partial charge in [0, 0.05) is 10.3 Å². The molecular formula is C17H21N2O6+. The molecule has 8 nitrogen and oxygen atoms in total. The summed E-state index contributed by atoms with van der Waals surface area (Å²) in [6.07, 6.45) is -2.07. The smallest absolute Gasteiger partial charge is 0.411 e. The molecule has 3 N–H and O–H groups in total. The van der Waals surface area contributed by atoms with Gasteiger partial charge in [0.25, 0.3) is 0 Å². The summed E-state index contributed by atoms with van der Waals surface area (Å²) in [6.45, 7) is 5.72. The number of nitrogens with zero attached hydrogens (tertiary/aromatic N) is 1. The monoisotopic (exact) mass is 349 g/mol. The fraction of sp³-hybridized carbons (Fsp3) is 0.412. The molecule has 0 saturated carbocycles. The molecule has 0 aromatic heterocycles. The van der Waals surface area contributed by atoms with Gasteiger partial charge < -0.3 is 10.5 Å².